The third-order valence-electron chi connectivity index (χ3n) is 11.0. The summed E-state index contributed by atoms with van der Waals surface area (Å²) in [5.74, 6) is -2.66. The van der Waals surface area contributed by atoms with Gasteiger partial charge in [-0.3, -0.25) is 24.0 Å². The predicted molar refractivity (Wildman–Crippen MR) is 208 cm³/mol. The van der Waals surface area contributed by atoms with Gasteiger partial charge >= 0.3 is 0 Å². The number of benzene rings is 1. The Bertz CT molecular complexity index is 1700. The van der Waals surface area contributed by atoms with Crippen LogP contribution in [0, 0.1) is 5.92 Å². The molecule has 366 valence electrons. The maximum absolute atomic E-state index is 12.5. The van der Waals surface area contributed by atoms with Crippen molar-refractivity contribution in [2.45, 2.75) is 138 Å². The molecule has 0 aromatic heterocycles. The Labute approximate surface area is 371 Å². The SMILES string of the molecule is CO[C@@H]1C(CO)O[C@H](O[C@@H]2C(OC=O)O[C@@H](O[C@@H]3C(CO)O[C@H](O[C@@H]4C(OC=O)O[C@@H](OCCNC(=O)c5ccccc5)C(C)[C@H]4O)C(NC(C)=O)[C@H]3O)C(O)[C@H]2O)C(NC(C)=O)[C@H]1O. The van der Waals surface area contributed by atoms with Gasteiger partial charge in [0.1, 0.15) is 67.0 Å². The summed E-state index contributed by atoms with van der Waals surface area (Å²) in [5.41, 5.74) is 0.419. The summed E-state index contributed by atoms with van der Waals surface area (Å²) in [6.07, 6.45) is -28.6. The van der Waals surface area contributed by atoms with E-state index in [9.17, 15) is 59.7 Å². The molecule has 4 aliphatic rings. The van der Waals surface area contributed by atoms with Crippen LogP contribution in [-0.2, 0) is 71.3 Å². The van der Waals surface area contributed by atoms with Gasteiger partial charge in [-0.05, 0) is 12.1 Å². The molecule has 5 rings (SSSR count). The van der Waals surface area contributed by atoms with Gasteiger partial charge in [0.15, 0.2) is 31.3 Å². The van der Waals surface area contributed by atoms with Crippen molar-refractivity contribution in [3.8, 4) is 0 Å². The molecule has 4 heterocycles. The van der Waals surface area contributed by atoms with Crippen molar-refractivity contribution < 1.29 is 112 Å². The third-order valence-corrected chi connectivity index (χ3v) is 11.0. The highest BCUT2D eigenvalue weighted by atomic mass is 16.8. The molecule has 0 radical (unpaired) electrons. The Kier molecular flexibility index (Phi) is 19.2. The number of carbonyl (C=O) groups excluding carboxylic acids is 5. The summed E-state index contributed by atoms with van der Waals surface area (Å²) in [6.45, 7) is 1.95. The highest BCUT2D eigenvalue weighted by molar-refractivity contribution is 5.94. The van der Waals surface area contributed by atoms with E-state index in [4.69, 9.17) is 52.1 Å². The molecule has 65 heavy (non-hydrogen) atoms. The minimum atomic E-state index is -2.12. The van der Waals surface area contributed by atoms with Gasteiger partial charge in [0.25, 0.3) is 18.9 Å². The van der Waals surface area contributed by atoms with Gasteiger partial charge in [0.05, 0.1) is 25.9 Å². The van der Waals surface area contributed by atoms with Gasteiger partial charge in [-0.2, -0.15) is 0 Å². The van der Waals surface area contributed by atoms with Crippen molar-refractivity contribution in [1.29, 1.82) is 0 Å². The standard InChI is InChI=1S/C39H57N3O23/c1-16-24(49)31(38(57-14-45)64-34(16)56-11-10-40-33(54)19-8-6-5-7-9-19)62-36-23(42-18(3)48)26(51)30(21(13-44)60-36)61-37-28(53)27(52)32(39(65-37)58-15-46)63-35-22(41-17(2)47)25(50)29(55-4)20(12-43)59-35/h5-9,14-16,20-32,34-39,43-44,49-53H,10-13H2,1-4H3,(H,40,54)(H,41,47)(H,42,48)/t16?,20?,21?,22?,23?,24-,25-,26-,27-,28?,29-,30-,31+,32+,34-,35-,36-,37-,38?,39?/m1/s1. The highest BCUT2D eigenvalue weighted by Gasteiger charge is 2.56. The first-order valence-electron chi connectivity index (χ1n) is 20.5. The largest absolute Gasteiger partial charge is 0.435 e. The summed E-state index contributed by atoms with van der Waals surface area (Å²) in [4.78, 5) is 60.1. The van der Waals surface area contributed by atoms with Crippen LogP contribution in [-0.4, -0.2) is 217 Å². The smallest absolute Gasteiger partial charge is 0.295 e. The molecule has 0 saturated carbocycles. The highest BCUT2D eigenvalue weighted by Crippen LogP contribution is 2.36. The number of carbonyl (C=O) groups is 5. The maximum Gasteiger partial charge on any atom is 0.295 e. The van der Waals surface area contributed by atoms with E-state index in [2.05, 4.69) is 16.0 Å². The van der Waals surface area contributed by atoms with Crippen LogP contribution in [0.2, 0.25) is 0 Å². The van der Waals surface area contributed by atoms with Crippen LogP contribution in [0.25, 0.3) is 0 Å². The molecule has 4 fully saturated rings. The van der Waals surface area contributed by atoms with Crippen molar-refractivity contribution in [2.75, 3.05) is 33.5 Å². The number of aliphatic hydroxyl groups is 7. The molecule has 4 saturated heterocycles. The van der Waals surface area contributed by atoms with Gasteiger partial charge in [0, 0.05) is 39.0 Å². The first-order chi connectivity index (χ1) is 31.1. The topological polar surface area (TPSA) is 365 Å². The van der Waals surface area contributed by atoms with Crippen LogP contribution < -0.4 is 16.0 Å². The van der Waals surface area contributed by atoms with Crippen molar-refractivity contribution >= 4 is 30.7 Å². The number of ether oxygens (including phenoxy) is 11. The van der Waals surface area contributed by atoms with Crippen molar-refractivity contribution in [3.05, 3.63) is 35.9 Å². The molecule has 0 aliphatic carbocycles. The Morgan fingerprint density at radius 3 is 1.63 bits per heavy atom. The average molecular weight is 936 g/mol. The van der Waals surface area contributed by atoms with E-state index in [1.54, 1.807) is 30.3 Å². The van der Waals surface area contributed by atoms with Crippen LogP contribution in [0.5, 0.6) is 0 Å². The van der Waals surface area contributed by atoms with Crippen LogP contribution in [0.4, 0.5) is 0 Å². The fourth-order valence-electron chi connectivity index (χ4n) is 7.78. The van der Waals surface area contributed by atoms with E-state index in [1.165, 1.54) is 14.0 Å². The van der Waals surface area contributed by atoms with E-state index in [0.29, 0.717) is 5.56 Å². The summed E-state index contributed by atoms with van der Waals surface area (Å²) < 4.78 is 61.9. The molecule has 10 N–H and O–H groups in total. The zero-order valence-electron chi connectivity index (χ0n) is 35.6. The summed E-state index contributed by atoms with van der Waals surface area (Å²) in [6, 6.07) is 5.39. The van der Waals surface area contributed by atoms with E-state index < -0.39 is 148 Å². The van der Waals surface area contributed by atoms with Gasteiger partial charge in [-0.25, -0.2) is 0 Å². The van der Waals surface area contributed by atoms with Gasteiger partial charge in [0.2, 0.25) is 24.4 Å². The molecule has 1 aromatic carbocycles. The Balaban J connectivity index is 1.28. The molecule has 1 aromatic rings. The lowest BCUT2D eigenvalue weighted by molar-refractivity contribution is -0.397. The summed E-state index contributed by atoms with van der Waals surface area (Å²) >= 11 is 0. The van der Waals surface area contributed by atoms with E-state index in [-0.39, 0.29) is 32.0 Å². The fraction of sp³-hybridized carbons (Fsp3) is 0.718. The molecule has 8 unspecified atom stereocenters. The lowest BCUT2D eigenvalue weighted by Crippen LogP contribution is -2.69. The minimum absolute atomic E-state index is 0.0135. The average Bonchev–Trinajstić information content (AvgIpc) is 3.28. The van der Waals surface area contributed by atoms with Crippen molar-refractivity contribution in [1.82, 2.24) is 16.0 Å². The minimum Gasteiger partial charge on any atom is -0.435 e. The normalized spacial score (nSPS) is 39.6. The number of methoxy groups -OCH3 is 1. The molecule has 26 nitrogen and oxygen atoms in total. The zero-order valence-corrected chi connectivity index (χ0v) is 35.6. The second-order valence-corrected chi connectivity index (χ2v) is 15.4. The monoisotopic (exact) mass is 935 g/mol. The van der Waals surface area contributed by atoms with E-state index in [1.807, 2.05) is 0 Å². The van der Waals surface area contributed by atoms with Crippen LogP contribution in [0.15, 0.2) is 30.3 Å². The van der Waals surface area contributed by atoms with Crippen LogP contribution >= 0.6 is 0 Å². The number of rotatable bonds is 20. The van der Waals surface area contributed by atoms with Gasteiger partial charge < -0.3 is 104 Å². The van der Waals surface area contributed by atoms with Crippen LogP contribution in [0.1, 0.15) is 31.1 Å². The first kappa shape index (κ1) is 51.9. The second-order valence-electron chi connectivity index (χ2n) is 15.4. The maximum atomic E-state index is 12.5. The van der Waals surface area contributed by atoms with Gasteiger partial charge in [-0.15, -0.1) is 0 Å². The summed E-state index contributed by atoms with van der Waals surface area (Å²) in [5, 5.41) is 84.6. The molecule has 4 aliphatic heterocycles. The fourth-order valence-corrected chi connectivity index (χ4v) is 7.78. The lowest BCUT2D eigenvalue weighted by atomic mass is 9.94. The lowest BCUT2D eigenvalue weighted by Gasteiger charge is -2.50. The Morgan fingerprint density at radius 2 is 1.12 bits per heavy atom. The molecule has 0 spiro atoms. The summed E-state index contributed by atoms with van der Waals surface area (Å²) in [7, 11) is 1.22. The molecular formula is C39H57N3O23. The third kappa shape index (κ3) is 12.5. The number of hydrogen-bond acceptors (Lipinski definition) is 23. The van der Waals surface area contributed by atoms with Crippen molar-refractivity contribution in [3.63, 3.8) is 0 Å². The molecule has 0 bridgehead atoms. The predicted octanol–water partition coefficient (Wildman–Crippen LogP) is -5.80. The Hall–Kier alpha value is -4.07. The second kappa shape index (κ2) is 24.1. The molecular weight excluding hydrogens is 878 g/mol. The van der Waals surface area contributed by atoms with E-state index >= 15 is 0 Å². The van der Waals surface area contributed by atoms with E-state index in [0.717, 1.165) is 13.8 Å². The van der Waals surface area contributed by atoms with Gasteiger partial charge in [-0.1, -0.05) is 25.1 Å². The zero-order chi connectivity index (χ0) is 47.5. The van der Waals surface area contributed by atoms with Crippen molar-refractivity contribution in [2.24, 2.45) is 5.92 Å². The number of aliphatic hydroxyl groups excluding tert-OH is 7. The molecule has 3 amide bonds. The Morgan fingerprint density at radius 1 is 0.631 bits per heavy atom. The first-order valence-corrected chi connectivity index (χ1v) is 20.5. The molecule has 20 atom stereocenters. The number of amides is 3. The number of hydrogen-bond donors (Lipinski definition) is 10. The number of nitrogens with one attached hydrogen (secondary N) is 3. The quantitative estimate of drug-likeness (QED) is 0.0430. The molecule has 26 heteroatoms. The van der Waals surface area contributed by atoms with Crippen LogP contribution in [0.3, 0.4) is 0 Å².